The van der Waals surface area contributed by atoms with Gasteiger partial charge in [-0.1, -0.05) is 128 Å². The van der Waals surface area contributed by atoms with Gasteiger partial charge in [-0.05, 0) is 143 Å². The number of benzene rings is 6. The number of para-hydroxylation sites is 1. The van der Waals surface area contributed by atoms with Crippen LogP contribution in [-0.2, 0) is 16.2 Å². The normalized spacial score (nSPS) is 20.3. The molecule has 6 aromatic rings. The average molecular weight is 760 g/mol. The topological polar surface area (TPSA) is 9.72 Å². The van der Waals surface area contributed by atoms with E-state index in [4.69, 9.17) is 0 Å². The van der Waals surface area contributed by atoms with Crippen molar-refractivity contribution in [2.45, 2.75) is 117 Å². The fraction of sp³-hybridized carbons (Fsp3) is 0.333. The lowest BCUT2D eigenvalue weighted by atomic mass is 9.33. The molecule has 10 rings (SSSR count). The fourth-order valence-corrected chi connectivity index (χ4v) is 11.2. The van der Waals surface area contributed by atoms with Crippen LogP contribution in [0.15, 0.2) is 121 Å². The van der Waals surface area contributed by atoms with Gasteiger partial charge in [0.1, 0.15) is 0 Å². The van der Waals surface area contributed by atoms with Crippen molar-refractivity contribution in [3.05, 3.63) is 149 Å². The third-order valence-corrected chi connectivity index (χ3v) is 14.6. The molecular weight excluding hydrogens is 701 g/mol. The molecule has 3 aliphatic heterocycles. The van der Waals surface area contributed by atoms with Gasteiger partial charge in [0.05, 0.1) is 11.2 Å². The summed E-state index contributed by atoms with van der Waals surface area (Å²) in [5.41, 5.74) is 21.1. The largest absolute Gasteiger partial charge is 0.335 e. The maximum absolute atomic E-state index is 2.86. The average Bonchev–Trinajstić information content (AvgIpc) is 3.39. The van der Waals surface area contributed by atoms with Crippen LogP contribution in [0.4, 0.5) is 45.5 Å². The maximum atomic E-state index is 2.86. The zero-order valence-corrected chi connectivity index (χ0v) is 36.3. The summed E-state index contributed by atoms with van der Waals surface area (Å²) in [6, 6.07) is 47.3. The Morgan fingerprint density at radius 2 is 1.19 bits per heavy atom. The molecule has 292 valence electrons. The van der Waals surface area contributed by atoms with E-state index in [0.717, 1.165) is 0 Å². The van der Waals surface area contributed by atoms with Gasteiger partial charge in [0, 0.05) is 45.2 Å². The Hall–Kier alpha value is -5.22. The van der Waals surface area contributed by atoms with E-state index < -0.39 is 0 Å². The smallest absolute Gasteiger partial charge is 0.252 e. The zero-order chi connectivity index (χ0) is 40.5. The molecule has 1 fully saturated rings. The van der Waals surface area contributed by atoms with Gasteiger partial charge in [0.2, 0.25) is 0 Å². The van der Waals surface area contributed by atoms with E-state index in [-0.39, 0.29) is 28.5 Å². The molecule has 1 aliphatic carbocycles. The van der Waals surface area contributed by atoms with Gasteiger partial charge in [-0.2, -0.15) is 0 Å². The summed E-state index contributed by atoms with van der Waals surface area (Å²) in [5.74, 6) is 0. The lowest BCUT2D eigenvalue weighted by Gasteiger charge is -2.53. The highest BCUT2D eigenvalue weighted by Crippen LogP contribution is 2.62. The molecule has 3 nitrogen and oxygen atoms in total. The summed E-state index contributed by atoms with van der Waals surface area (Å²) >= 11 is 0. The Morgan fingerprint density at radius 1 is 0.569 bits per heavy atom. The summed E-state index contributed by atoms with van der Waals surface area (Å²) in [6.45, 7) is 23.7. The van der Waals surface area contributed by atoms with Crippen molar-refractivity contribution in [2.24, 2.45) is 0 Å². The first-order chi connectivity index (χ1) is 27.6. The molecule has 0 amide bonds. The zero-order valence-electron chi connectivity index (χ0n) is 36.3. The third kappa shape index (κ3) is 5.32. The quantitative estimate of drug-likeness (QED) is 0.166. The van der Waals surface area contributed by atoms with E-state index >= 15 is 0 Å². The first-order valence-electron chi connectivity index (χ1n) is 21.7. The number of rotatable bonds is 4. The van der Waals surface area contributed by atoms with Crippen LogP contribution in [0, 0.1) is 13.8 Å². The minimum absolute atomic E-state index is 0.00373. The SMILES string of the molecule is Cc1cccc(N(c2cccc(C)c2)c2cc3c4c(c2)N2c5c(cccc5C5(C)CCCCC25C)B4c2ccc(C(C)(C)C)cc2N3c2cccc(C(C)(C)C)c2)c1. The minimum atomic E-state index is -0.0636. The van der Waals surface area contributed by atoms with Gasteiger partial charge in [0.25, 0.3) is 6.71 Å². The van der Waals surface area contributed by atoms with Crippen LogP contribution < -0.4 is 31.1 Å². The fourth-order valence-electron chi connectivity index (χ4n) is 11.2. The monoisotopic (exact) mass is 759 g/mol. The molecule has 4 aliphatic rings. The molecule has 6 aromatic carbocycles. The predicted octanol–water partition coefficient (Wildman–Crippen LogP) is 12.7. The number of nitrogens with zero attached hydrogens (tertiary/aromatic N) is 3. The van der Waals surface area contributed by atoms with Crippen LogP contribution in [0.3, 0.4) is 0 Å². The highest BCUT2D eigenvalue weighted by atomic mass is 15.3. The van der Waals surface area contributed by atoms with E-state index in [0.29, 0.717) is 0 Å². The van der Waals surface area contributed by atoms with E-state index in [1.165, 1.54) is 115 Å². The Balaban J connectivity index is 1.36. The number of anilines is 8. The van der Waals surface area contributed by atoms with Crippen LogP contribution in [-0.4, -0.2) is 12.3 Å². The Morgan fingerprint density at radius 3 is 1.86 bits per heavy atom. The molecule has 0 radical (unpaired) electrons. The van der Waals surface area contributed by atoms with Crippen molar-refractivity contribution in [3.8, 4) is 0 Å². The predicted molar refractivity (Wildman–Crippen MR) is 250 cm³/mol. The summed E-state index contributed by atoms with van der Waals surface area (Å²) < 4.78 is 0. The third-order valence-electron chi connectivity index (χ3n) is 14.6. The van der Waals surface area contributed by atoms with E-state index in [1.807, 2.05) is 0 Å². The van der Waals surface area contributed by atoms with Crippen molar-refractivity contribution < 1.29 is 0 Å². The molecule has 0 saturated heterocycles. The number of aryl methyl sites for hydroxylation is 2. The molecule has 3 heterocycles. The molecule has 58 heavy (non-hydrogen) atoms. The van der Waals surface area contributed by atoms with Gasteiger partial charge in [-0.3, -0.25) is 0 Å². The first-order valence-corrected chi connectivity index (χ1v) is 21.7. The highest BCUT2D eigenvalue weighted by molar-refractivity contribution is 7.00. The van der Waals surface area contributed by atoms with Crippen molar-refractivity contribution in [3.63, 3.8) is 0 Å². The van der Waals surface area contributed by atoms with E-state index in [9.17, 15) is 0 Å². The summed E-state index contributed by atoms with van der Waals surface area (Å²) in [7, 11) is 0. The van der Waals surface area contributed by atoms with Gasteiger partial charge in [-0.25, -0.2) is 0 Å². The van der Waals surface area contributed by atoms with Crippen LogP contribution in [0.25, 0.3) is 0 Å². The Labute approximate surface area is 347 Å². The standard InChI is InChI=1S/C54H58BN3/c1-35-17-13-20-39(29-35)56(40-21-14-18-36(2)30-40)42-33-47-49-48(34-42)58-50-43(53(9)27-11-12-28-54(53,58)10)23-16-24-45(50)55(49)44-26-25-38(52(6,7)8)32-46(44)57(47)41-22-15-19-37(31-41)51(3,4)5/h13-26,29-34H,11-12,27-28H2,1-10H3. The second-order valence-corrected chi connectivity index (χ2v) is 20.4. The molecule has 0 N–H and O–H groups in total. The molecule has 4 heteroatoms. The number of fused-ring (bicyclic) bond motifs is 7. The summed E-state index contributed by atoms with van der Waals surface area (Å²) in [4.78, 5) is 8.01. The number of hydrogen-bond acceptors (Lipinski definition) is 3. The van der Waals surface area contributed by atoms with Gasteiger partial charge < -0.3 is 14.7 Å². The minimum Gasteiger partial charge on any atom is -0.335 e. The second kappa shape index (κ2) is 12.6. The van der Waals surface area contributed by atoms with Crippen LogP contribution in [0.1, 0.15) is 109 Å². The van der Waals surface area contributed by atoms with E-state index in [1.54, 1.807) is 0 Å². The molecule has 1 saturated carbocycles. The highest BCUT2D eigenvalue weighted by Gasteiger charge is 2.61. The van der Waals surface area contributed by atoms with Crippen molar-refractivity contribution in [1.82, 2.24) is 0 Å². The van der Waals surface area contributed by atoms with Crippen molar-refractivity contribution in [2.75, 3.05) is 14.7 Å². The molecule has 0 bridgehead atoms. The van der Waals surface area contributed by atoms with Gasteiger partial charge in [0.15, 0.2) is 0 Å². The van der Waals surface area contributed by atoms with Gasteiger partial charge >= 0.3 is 0 Å². The second-order valence-electron chi connectivity index (χ2n) is 20.4. The first kappa shape index (κ1) is 37.1. The van der Waals surface area contributed by atoms with Crippen LogP contribution >= 0.6 is 0 Å². The lowest BCUT2D eigenvalue weighted by molar-refractivity contribution is 0.195. The molecule has 2 atom stereocenters. The molecular formula is C54H58BN3. The Kier molecular flexibility index (Phi) is 8.08. The molecule has 0 aromatic heterocycles. The molecule has 0 spiro atoms. The van der Waals surface area contributed by atoms with Gasteiger partial charge in [-0.15, -0.1) is 0 Å². The lowest BCUT2D eigenvalue weighted by Crippen LogP contribution is -2.64. The Bertz CT molecular complexity index is 2600. The summed E-state index contributed by atoms with van der Waals surface area (Å²) in [5, 5.41) is 0. The maximum Gasteiger partial charge on any atom is 0.252 e. The van der Waals surface area contributed by atoms with Crippen molar-refractivity contribution in [1.29, 1.82) is 0 Å². The van der Waals surface area contributed by atoms with Crippen LogP contribution in [0.5, 0.6) is 0 Å². The molecule has 2 unspecified atom stereocenters. The summed E-state index contributed by atoms with van der Waals surface area (Å²) in [6.07, 6.45) is 4.90. The van der Waals surface area contributed by atoms with E-state index in [2.05, 4.69) is 205 Å². The number of hydrogen-bond donors (Lipinski definition) is 0. The van der Waals surface area contributed by atoms with Crippen LogP contribution in [0.2, 0.25) is 0 Å². The van der Waals surface area contributed by atoms with Crippen molar-refractivity contribution >= 4 is 68.6 Å².